The van der Waals surface area contributed by atoms with Gasteiger partial charge in [-0.15, -0.1) is 0 Å². The number of aromatic nitrogens is 2. The highest BCUT2D eigenvalue weighted by molar-refractivity contribution is 5.81. The van der Waals surface area contributed by atoms with Crippen molar-refractivity contribution in [1.82, 2.24) is 9.97 Å². The summed E-state index contributed by atoms with van der Waals surface area (Å²) < 4.78 is 5.11. The molecule has 2 heterocycles. The number of nitrogens with zero attached hydrogens (tertiary/aromatic N) is 1. The average molecular weight is 264 g/mol. The summed E-state index contributed by atoms with van der Waals surface area (Å²) >= 11 is 0. The highest BCUT2D eigenvalue weighted by atomic mass is 16.5. The van der Waals surface area contributed by atoms with E-state index in [2.05, 4.69) is 9.97 Å². The van der Waals surface area contributed by atoms with Crippen molar-refractivity contribution in [3.8, 4) is 0 Å². The highest BCUT2D eigenvalue weighted by Gasteiger charge is 2.51. The molecule has 5 nitrogen and oxygen atoms in total. The molecule has 1 saturated heterocycles. The standard InChI is InChI=1S/C14H20N2O3/c1-9-11(10-5-3-2-4-6-10)16-12(15-9)14(13(17)18)7-19-8-14/h10H,2-8H2,1H3,(H,15,16)(H,17,18). The van der Waals surface area contributed by atoms with Crippen LogP contribution in [0.15, 0.2) is 0 Å². The van der Waals surface area contributed by atoms with Crippen molar-refractivity contribution in [2.24, 2.45) is 0 Å². The smallest absolute Gasteiger partial charge is 0.322 e. The van der Waals surface area contributed by atoms with Gasteiger partial charge in [-0.25, -0.2) is 4.98 Å². The first-order valence-electron chi connectivity index (χ1n) is 7.01. The Kier molecular flexibility index (Phi) is 3.09. The number of H-pyrrole nitrogens is 1. The van der Waals surface area contributed by atoms with Crippen LogP contribution in [0.4, 0.5) is 0 Å². The summed E-state index contributed by atoms with van der Waals surface area (Å²) in [4.78, 5) is 19.3. The van der Waals surface area contributed by atoms with Crippen molar-refractivity contribution < 1.29 is 14.6 Å². The Hall–Kier alpha value is -1.36. The number of carboxylic acid groups (broad SMARTS) is 1. The van der Waals surface area contributed by atoms with Crippen molar-refractivity contribution >= 4 is 5.97 Å². The predicted molar refractivity (Wildman–Crippen MR) is 69.3 cm³/mol. The van der Waals surface area contributed by atoms with Crippen LogP contribution in [0.3, 0.4) is 0 Å². The fourth-order valence-electron chi connectivity index (χ4n) is 3.14. The lowest BCUT2D eigenvalue weighted by molar-refractivity contribution is -0.163. The summed E-state index contributed by atoms with van der Waals surface area (Å²) in [5.41, 5.74) is 1.15. The van der Waals surface area contributed by atoms with Gasteiger partial charge in [0.2, 0.25) is 0 Å². The molecule has 0 bridgehead atoms. The number of ether oxygens (including phenoxy) is 1. The van der Waals surface area contributed by atoms with Gasteiger partial charge in [0.1, 0.15) is 5.82 Å². The van der Waals surface area contributed by atoms with Crippen LogP contribution >= 0.6 is 0 Å². The van der Waals surface area contributed by atoms with Crippen LogP contribution in [0.25, 0.3) is 0 Å². The molecule has 0 radical (unpaired) electrons. The van der Waals surface area contributed by atoms with Gasteiger partial charge in [0.05, 0.1) is 18.9 Å². The van der Waals surface area contributed by atoms with Crippen LogP contribution in [-0.2, 0) is 14.9 Å². The van der Waals surface area contributed by atoms with E-state index in [1.165, 1.54) is 32.1 Å². The number of imidazole rings is 1. The fourth-order valence-corrected chi connectivity index (χ4v) is 3.14. The zero-order valence-corrected chi connectivity index (χ0v) is 11.2. The summed E-state index contributed by atoms with van der Waals surface area (Å²) in [5, 5.41) is 9.41. The van der Waals surface area contributed by atoms with Crippen molar-refractivity contribution in [2.75, 3.05) is 13.2 Å². The third-order valence-electron chi connectivity index (χ3n) is 4.47. The molecular formula is C14H20N2O3. The second-order valence-electron chi connectivity index (χ2n) is 5.81. The van der Waals surface area contributed by atoms with Crippen LogP contribution in [0, 0.1) is 6.92 Å². The van der Waals surface area contributed by atoms with Crippen LogP contribution < -0.4 is 0 Å². The van der Waals surface area contributed by atoms with Crippen molar-refractivity contribution in [2.45, 2.75) is 50.4 Å². The molecule has 0 amide bonds. The zero-order chi connectivity index (χ0) is 13.5. The molecule has 0 unspecified atom stereocenters. The largest absolute Gasteiger partial charge is 0.480 e. The van der Waals surface area contributed by atoms with Crippen molar-refractivity contribution in [3.05, 3.63) is 17.2 Å². The summed E-state index contributed by atoms with van der Waals surface area (Å²) in [6.07, 6.45) is 6.14. The lowest BCUT2D eigenvalue weighted by atomic mass is 9.85. The summed E-state index contributed by atoms with van der Waals surface area (Å²) in [5.74, 6) is 0.220. The molecule has 2 fully saturated rings. The lowest BCUT2D eigenvalue weighted by Crippen LogP contribution is -2.53. The Labute approximate surface area is 112 Å². The molecule has 2 aliphatic rings. The van der Waals surface area contributed by atoms with Crippen molar-refractivity contribution in [1.29, 1.82) is 0 Å². The minimum absolute atomic E-state index is 0.222. The Morgan fingerprint density at radius 2 is 2.05 bits per heavy atom. The molecule has 5 heteroatoms. The lowest BCUT2D eigenvalue weighted by Gasteiger charge is -2.35. The van der Waals surface area contributed by atoms with E-state index in [-0.39, 0.29) is 13.2 Å². The fraction of sp³-hybridized carbons (Fsp3) is 0.714. The maximum atomic E-state index is 11.5. The summed E-state index contributed by atoms with van der Waals surface area (Å²) in [7, 11) is 0. The van der Waals surface area contributed by atoms with Gasteiger partial charge in [-0.2, -0.15) is 0 Å². The molecule has 1 saturated carbocycles. The maximum absolute atomic E-state index is 11.5. The van der Waals surface area contributed by atoms with E-state index < -0.39 is 11.4 Å². The first-order chi connectivity index (χ1) is 9.13. The van der Waals surface area contributed by atoms with E-state index in [1.54, 1.807) is 0 Å². The molecule has 1 aromatic heterocycles. The molecule has 1 aliphatic heterocycles. The van der Waals surface area contributed by atoms with Gasteiger partial charge in [-0.3, -0.25) is 4.79 Å². The molecule has 2 N–H and O–H groups in total. The number of aryl methyl sites for hydroxylation is 1. The van der Waals surface area contributed by atoms with Crippen LogP contribution in [0.1, 0.15) is 55.2 Å². The number of carbonyl (C=O) groups is 1. The number of hydrogen-bond acceptors (Lipinski definition) is 3. The Balaban J connectivity index is 1.90. The van der Waals surface area contributed by atoms with E-state index in [0.29, 0.717) is 11.7 Å². The summed E-state index contributed by atoms with van der Waals surface area (Å²) in [6.45, 7) is 2.44. The van der Waals surface area contributed by atoms with E-state index in [0.717, 1.165) is 11.4 Å². The zero-order valence-electron chi connectivity index (χ0n) is 11.2. The molecular weight excluding hydrogens is 244 g/mol. The number of carboxylic acids is 1. The predicted octanol–water partition coefficient (Wildman–Crippen LogP) is 2.12. The summed E-state index contributed by atoms with van der Waals surface area (Å²) in [6, 6.07) is 0. The van der Waals surface area contributed by atoms with Gasteiger partial charge < -0.3 is 14.8 Å². The van der Waals surface area contributed by atoms with Gasteiger partial charge in [0, 0.05) is 11.6 Å². The van der Waals surface area contributed by atoms with Gasteiger partial charge in [-0.05, 0) is 19.8 Å². The van der Waals surface area contributed by atoms with E-state index >= 15 is 0 Å². The monoisotopic (exact) mass is 264 g/mol. The van der Waals surface area contributed by atoms with Crippen LogP contribution in [-0.4, -0.2) is 34.3 Å². The Morgan fingerprint density at radius 3 is 2.58 bits per heavy atom. The number of nitrogens with one attached hydrogen (secondary N) is 1. The molecule has 19 heavy (non-hydrogen) atoms. The van der Waals surface area contributed by atoms with Crippen LogP contribution in [0.2, 0.25) is 0 Å². The first-order valence-corrected chi connectivity index (χ1v) is 7.01. The normalized spacial score (nSPS) is 23.0. The SMILES string of the molecule is Cc1[nH]c(C2(C(=O)O)COC2)nc1C1CCCCC1. The molecule has 104 valence electrons. The topological polar surface area (TPSA) is 75.2 Å². The first kappa shape index (κ1) is 12.7. The molecule has 3 rings (SSSR count). The Morgan fingerprint density at radius 1 is 1.37 bits per heavy atom. The van der Waals surface area contributed by atoms with Gasteiger partial charge >= 0.3 is 5.97 Å². The second-order valence-corrected chi connectivity index (χ2v) is 5.81. The maximum Gasteiger partial charge on any atom is 0.322 e. The quantitative estimate of drug-likeness (QED) is 0.876. The highest BCUT2D eigenvalue weighted by Crippen LogP contribution is 2.36. The third kappa shape index (κ3) is 1.96. The molecule has 0 spiro atoms. The van der Waals surface area contributed by atoms with E-state index in [4.69, 9.17) is 4.74 Å². The molecule has 1 aromatic rings. The molecule has 1 aliphatic carbocycles. The van der Waals surface area contributed by atoms with Gasteiger partial charge in [0.25, 0.3) is 0 Å². The van der Waals surface area contributed by atoms with Crippen molar-refractivity contribution in [3.63, 3.8) is 0 Å². The molecule has 0 aromatic carbocycles. The number of hydrogen-bond donors (Lipinski definition) is 2. The average Bonchev–Trinajstić information content (AvgIpc) is 2.70. The van der Waals surface area contributed by atoms with Gasteiger partial charge in [0.15, 0.2) is 5.41 Å². The number of aromatic amines is 1. The van der Waals surface area contributed by atoms with E-state index in [9.17, 15) is 9.90 Å². The number of aliphatic carboxylic acids is 1. The van der Waals surface area contributed by atoms with E-state index in [1.807, 2.05) is 6.92 Å². The van der Waals surface area contributed by atoms with Gasteiger partial charge in [-0.1, -0.05) is 19.3 Å². The second kappa shape index (κ2) is 4.63. The minimum Gasteiger partial charge on any atom is -0.480 e. The Bertz CT molecular complexity index is 485. The van der Waals surface area contributed by atoms with Crippen LogP contribution in [0.5, 0.6) is 0 Å². The number of rotatable bonds is 3. The molecule has 0 atom stereocenters. The minimum atomic E-state index is -0.947. The third-order valence-corrected chi connectivity index (χ3v) is 4.47.